The Hall–Kier alpha value is -0.690. The molecule has 1 saturated heterocycles. The zero-order valence-electron chi connectivity index (χ0n) is 10.0. The summed E-state index contributed by atoms with van der Waals surface area (Å²) in [4.78, 5) is 3.91. The molecule has 0 radical (unpaired) electrons. The van der Waals surface area contributed by atoms with Crippen molar-refractivity contribution in [3.63, 3.8) is 0 Å². The van der Waals surface area contributed by atoms with E-state index in [4.69, 9.17) is 5.73 Å². The maximum Gasteiger partial charge on any atom is 0.260 e. The van der Waals surface area contributed by atoms with Gasteiger partial charge in [-0.15, -0.1) is 12.4 Å². The van der Waals surface area contributed by atoms with Gasteiger partial charge in [0.15, 0.2) is 5.03 Å². The van der Waals surface area contributed by atoms with E-state index in [-0.39, 0.29) is 17.4 Å². The van der Waals surface area contributed by atoms with Crippen LogP contribution in [0.15, 0.2) is 29.4 Å². The number of nitrogens with zero attached hydrogens (tertiary/aromatic N) is 2. The van der Waals surface area contributed by atoms with Gasteiger partial charge in [0.05, 0.1) is 0 Å². The molecule has 0 saturated carbocycles. The van der Waals surface area contributed by atoms with Gasteiger partial charge in [0.25, 0.3) is 10.0 Å². The van der Waals surface area contributed by atoms with E-state index in [0.29, 0.717) is 25.6 Å². The lowest BCUT2D eigenvalue weighted by Crippen LogP contribution is -2.40. The number of pyridine rings is 1. The van der Waals surface area contributed by atoms with Gasteiger partial charge in [0, 0.05) is 19.3 Å². The van der Waals surface area contributed by atoms with Crippen molar-refractivity contribution in [1.29, 1.82) is 0 Å². The fourth-order valence-electron chi connectivity index (χ4n) is 2.02. The van der Waals surface area contributed by atoms with Gasteiger partial charge < -0.3 is 5.73 Å². The highest BCUT2D eigenvalue weighted by atomic mass is 35.5. The van der Waals surface area contributed by atoms with Crippen LogP contribution in [0.5, 0.6) is 0 Å². The van der Waals surface area contributed by atoms with Gasteiger partial charge in [-0.05, 0) is 37.4 Å². The Morgan fingerprint density at radius 2 is 2.00 bits per heavy atom. The number of piperidine rings is 1. The van der Waals surface area contributed by atoms with E-state index in [0.717, 1.165) is 12.8 Å². The van der Waals surface area contributed by atoms with Crippen molar-refractivity contribution in [3.05, 3.63) is 24.4 Å². The molecule has 0 unspecified atom stereocenters. The van der Waals surface area contributed by atoms with Crippen molar-refractivity contribution < 1.29 is 8.42 Å². The van der Waals surface area contributed by atoms with Crippen LogP contribution in [0.4, 0.5) is 0 Å². The first-order valence-electron chi connectivity index (χ1n) is 5.76. The third-order valence-electron chi connectivity index (χ3n) is 3.15. The Bertz CT molecular complexity index is 458. The summed E-state index contributed by atoms with van der Waals surface area (Å²) in [5.74, 6) is 0.449. The van der Waals surface area contributed by atoms with Crippen molar-refractivity contribution in [1.82, 2.24) is 9.29 Å². The summed E-state index contributed by atoms with van der Waals surface area (Å²) < 4.78 is 25.9. The summed E-state index contributed by atoms with van der Waals surface area (Å²) in [6.45, 7) is 1.72. The summed E-state index contributed by atoms with van der Waals surface area (Å²) in [6.07, 6.45) is 3.17. The molecule has 1 aromatic rings. The highest BCUT2D eigenvalue weighted by molar-refractivity contribution is 7.89. The molecular weight excluding hydrogens is 274 g/mol. The number of hydrogen-bond acceptors (Lipinski definition) is 4. The van der Waals surface area contributed by atoms with Gasteiger partial charge >= 0.3 is 0 Å². The first-order valence-corrected chi connectivity index (χ1v) is 7.20. The monoisotopic (exact) mass is 291 g/mol. The topological polar surface area (TPSA) is 76.3 Å². The second-order valence-electron chi connectivity index (χ2n) is 4.25. The Balaban J connectivity index is 0.00000162. The molecule has 2 heterocycles. The molecule has 102 valence electrons. The maximum atomic E-state index is 12.2. The first kappa shape index (κ1) is 15.4. The second-order valence-corrected chi connectivity index (χ2v) is 6.14. The molecule has 5 nitrogen and oxygen atoms in total. The third kappa shape index (κ3) is 3.20. The van der Waals surface area contributed by atoms with Crippen LogP contribution in [0.25, 0.3) is 0 Å². The molecule has 1 aromatic heterocycles. The third-order valence-corrected chi connectivity index (χ3v) is 4.96. The minimum Gasteiger partial charge on any atom is -0.330 e. The van der Waals surface area contributed by atoms with Crippen LogP contribution in [0.3, 0.4) is 0 Å². The summed E-state index contributed by atoms with van der Waals surface area (Å²) >= 11 is 0. The molecule has 1 fully saturated rings. The molecule has 0 aliphatic carbocycles. The second kappa shape index (κ2) is 6.47. The lowest BCUT2D eigenvalue weighted by molar-refractivity contribution is 0.278. The Labute approximate surface area is 114 Å². The number of halogens is 1. The molecule has 0 aromatic carbocycles. The summed E-state index contributed by atoms with van der Waals surface area (Å²) in [5.41, 5.74) is 5.59. The summed E-state index contributed by atoms with van der Waals surface area (Å²) in [6, 6.07) is 4.93. The first-order chi connectivity index (χ1) is 8.14. The van der Waals surface area contributed by atoms with Gasteiger partial charge in [0.1, 0.15) is 0 Å². The smallest absolute Gasteiger partial charge is 0.260 e. The van der Waals surface area contributed by atoms with Gasteiger partial charge in [-0.1, -0.05) is 6.07 Å². The zero-order valence-corrected chi connectivity index (χ0v) is 11.7. The number of sulfonamides is 1. The highest BCUT2D eigenvalue weighted by Gasteiger charge is 2.29. The van der Waals surface area contributed by atoms with E-state index in [1.165, 1.54) is 16.6 Å². The number of nitrogens with two attached hydrogens (primary N) is 1. The molecule has 2 N–H and O–H groups in total. The van der Waals surface area contributed by atoms with Crippen LogP contribution in [0, 0.1) is 5.92 Å². The molecule has 0 atom stereocenters. The average Bonchev–Trinajstić information content (AvgIpc) is 2.40. The number of rotatable bonds is 3. The Morgan fingerprint density at radius 3 is 2.50 bits per heavy atom. The van der Waals surface area contributed by atoms with Gasteiger partial charge in [0.2, 0.25) is 0 Å². The van der Waals surface area contributed by atoms with Gasteiger partial charge in [-0.25, -0.2) is 13.4 Å². The highest BCUT2D eigenvalue weighted by Crippen LogP contribution is 2.21. The van der Waals surface area contributed by atoms with E-state index in [2.05, 4.69) is 4.98 Å². The molecule has 0 spiro atoms. The standard InChI is InChI=1S/C11H17N3O2S.ClH/c12-9-10-4-7-14(8-5-10)17(15,16)11-3-1-2-6-13-11;/h1-3,6,10H,4-5,7-9,12H2;1H. The minimum absolute atomic E-state index is 0. The van der Waals surface area contributed by atoms with Crippen molar-refractivity contribution >= 4 is 22.4 Å². The Kier molecular flexibility index (Phi) is 5.52. The molecule has 1 aliphatic rings. The van der Waals surface area contributed by atoms with Crippen molar-refractivity contribution in [2.45, 2.75) is 17.9 Å². The van der Waals surface area contributed by atoms with E-state index in [1.54, 1.807) is 12.1 Å². The largest absolute Gasteiger partial charge is 0.330 e. The van der Waals surface area contributed by atoms with E-state index < -0.39 is 10.0 Å². The van der Waals surface area contributed by atoms with Crippen molar-refractivity contribution in [3.8, 4) is 0 Å². The normalized spacial score (nSPS) is 18.3. The molecule has 0 bridgehead atoms. The van der Waals surface area contributed by atoms with Crippen LogP contribution < -0.4 is 5.73 Å². The minimum atomic E-state index is -3.41. The van der Waals surface area contributed by atoms with Crippen LogP contribution in [0.2, 0.25) is 0 Å². The van der Waals surface area contributed by atoms with E-state index in [1.807, 2.05) is 0 Å². The lowest BCUT2D eigenvalue weighted by Gasteiger charge is -2.30. The van der Waals surface area contributed by atoms with E-state index in [9.17, 15) is 8.42 Å². The number of aromatic nitrogens is 1. The average molecular weight is 292 g/mol. The zero-order chi connectivity index (χ0) is 12.3. The van der Waals surface area contributed by atoms with Gasteiger partial charge in [-0.2, -0.15) is 4.31 Å². The van der Waals surface area contributed by atoms with Crippen molar-refractivity contribution in [2.75, 3.05) is 19.6 Å². The van der Waals surface area contributed by atoms with Crippen LogP contribution in [0.1, 0.15) is 12.8 Å². The van der Waals surface area contributed by atoms with Crippen LogP contribution in [-0.4, -0.2) is 37.3 Å². The molecule has 1 aliphatic heterocycles. The van der Waals surface area contributed by atoms with Gasteiger partial charge in [-0.3, -0.25) is 0 Å². The summed E-state index contributed by atoms with van der Waals surface area (Å²) in [5, 5.41) is 0.131. The fourth-order valence-corrected chi connectivity index (χ4v) is 3.42. The maximum absolute atomic E-state index is 12.2. The lowest BCUT2D eigenvalue weighted by atomic mass is 9.99. The quantitative estimate of drug-likeness (QED) is 0.896. The molecular formula is C11H18ClN3O2S. The molecule has 2 rings (SSSR count). The predicted molar refractivity (Wildman–Crippen MR) is 72.0 cm³/mol. The van der Waals surface area contributed by atoms with E-state index >= 15 is 0 Å². The van der Waals surface area contributed by atoms with Crippen LogP contribution >= 0.6 is 12.4 Å². The van der Waals surface area contributed by atoms with Crippen molar-refractivity contribution in [2.24, 2.45) is 11.7 Å². The Morgan fingerprint density at radius 1 is 1.33 bits per heavy atom. The van der Waals surface area contributed by atoms with Crippen LogP contribution in [-0.2, 0) is 10.0 Å². The molecule has 18 heavy (non-hydrogen) atoms. The molecule has 7 heteroatoms. The SMILES string of the molecule is Cl.NCC1CCN(S(=O)(=O)c2ccccn2)CC1. The predicted octanol–water partition coefficient (Wildman–Crippen LogP) is 0.863. The number of hydrogen-bond donors (Lipinski definition) is 1. The molecule has 0 amide bonds. The fraction of sp³-hybridized carbons (Fsp3) is 0.545. The summed E-state index contributed by atoms with van der Waals surface area (Å²) in [7, 11) is -3.41.